The van der Waals surface area contributed by atoms with Crippen LogP contribution in [0, 0.1) is 0 Å². The summed E-state index contributed by atoms with van der Waals surface area (Å²) in [5.74, 6) is 0. The van der Waals surface area contributed by atoms with Gasteiger partial charge < -0.3 is 19.2 Å². The minimum absolute atomic E-state index is 0.0299. The molecule has 5 heteroatoms. The van der Waals surface area contributed by atoms with Crippen LogP contribution in [0.1, 0.15) is 58.4 Å². The summed E-state index contributed by atoms with van der Waals surface area (Å²) >= 11 is 0. The zero-order valence-electron chi connectivity index (χ0n) is 13.5. The summed E-state index contributed by atoms with van der Waals surface area (Å²) in [6.07, 6.45) is 6.95. The Morgan fingerprint density at radius 1 is 1.36 bits per heavy atom. The number of aliphatic hydroxyl groups is 1. The Bertz CT molecular complexity index is 517. The van der Waals surface area contributed by atoms with E-state index in [1.165, 1.54) is 0 Å². The summed E-state index contributed by atoms with van der Waals surface area (Å²) in [6.45, 7) is 5.64. The van der Waals surface area contributed by atoms with Crippen molar-refractivity contribution in [2.24, 2.45) is 0 Å². The zero-order chi connectivity index (χ0) is 16.0. The van der Waals surface area contributed by atoms with Crippen LogP contribution in [0.3, 0.4) is 0 Å². The molecule has 1 aromatic rings. The van der Waals surface area contributed by atoms with E-state index in [1.807, 2.05) is 31.7 Å². The second-order valence-electron chi connectivity index (χ2n) is 7.58. The summed E-state index contributed by atoms with van der Waals surface area (Å²) in [6, 6.07) is 1.88. The number of fused-ring (bicyclic) bond motifs is 2. The lowest BCUT2D eigenvalue weighted by atomic mass is 9.73. The predicted molar refractivity (Wildman–Crippen MR) is 81.3 cm³/mol. The van der Waals surface area contributed by atoms with Crippen LogP contribution < -0.4 is 0 Å². The summed E-state index contributed by atoms with van der Waals surface area (Å²) in [5, 5.41) is 11.0. The molecule has 3 rings (SSSR count). The van der Waals surface area contributed by atoms with Crippen molar-refractivity contribution in [1.29, 1.82) is 0 Å². The van der Waals surface area contributed by atoms with Crippen molar-refractivity contribution in [2.75, 3.05) is 0 Å². The lowest BCUT2D eigenvalue weighted by Crippen LogP contribution is -2.59. The quantitative estimate of drug-likeness (QED) is 0.863. The molecule has 5 nitrogen and oxygen atoms in total. The summed E-state index contributed by atoms with van der Waals surface area (Å²) in [7, 11) is 0. The topological polar surface area (TPSA) is 62.9 Å². The molecule has 2 aliphatic rings. The first kappa shape index (κ1) is 15.4. The molecule has 0 aromatic carbocycles. The average Bonchev–Trinajstić information content (AvgIpc) is 2.89. The molecule has 22 heavy (non-hydrogen) atoms. The summed E-state index contributed by atoms with van der Waals surface area (Å²) in [4.78, 5) is 14.4. The van der Waals surface area contributed by atoms with Crippen molar-refractivity contribution >= 4 is 6.09 Å². The molecule has 1 aromatic heterocycles. The molecule has 0 spiro atoms. The first-order valence-electron chi connectivity index (χ1n) is 8.05. The maximum Gasteiger partial charge on any atom is 0.410 e. The number of carbonyl (C=O) groups is 1. The second kappa shape index (κ2) is 5.30. The van der Waals surface area contributed by atoms with Crippen LogP contribution in [0.15, 0.2) is 23.0 Å². The van der Waals surface area contributed by atoms with Gasteiger partial charge in [0.15, 0.2) is 0 Å². The standard InChI is InChI=1S/C17H25NO4/c1-16(2,3)22-15(19)18-13-5-4-6-14(18)10-17(20,9-13)12-7-8-21-11-12/h7-8,11,13-14,20H,4-6,9-10H2,1-3H3. The molecule has 1 amide bonds. The number of rotatable bonds is 1. The van der Waals surface area contributed by atoms with Gasteiger partial charge in [0, 0.05) is 30.5 Å². The number of piperidine rings is 2. The molecular formula is C17H25NO4. The molecule has 2 saturated heterocycles. The Hall–Kier alpha value is -1.49. The molecule has 2 fully saturated rings. The maximum atomic E-state index is 12.5. The minimum atomic E-state index is -0.902. The van der Waals surface area contributed by atoms with E-state index in [2.05, 4.69) is 0 Å². The van der Waals surface area contributed by atoms with Gasteiger partial charge in [-0.15, -0.1) is 0 Å². The highest BCUT2D eigenvalue weighted by atomic mass is 16.6. The lowest BCUT2D eigenvalue weighted by molar-refractivity contribution is -0.0967. The van der Waals surface area contributed by atoms with Gasteiger partial charge in [0.2, 0.25) is 0 Å². The van der Waals surface area contributed by atoms with Crippen LogP contribution in [0.25, 0.3) is 0 Å². The van der Waals surface area contributed by atoms with Crippen molar-refractivity contribution in [2.45, 2.75) is 76.2 Å². The van der Waals surface area contributed by atoms with Gasteiger partial charge in [0.05, 0.1) is 18.1 Å². The van der Waals surface area contributed by atoms with Crippen molar-refractivity contribution in [1.82, 2.24) is 4.90 Å². The SMILES string of the molecule is CC(C)(C)OC(=O)N1C2CCCC1CC(O)(c1ccoc1)C2. The van der Waals surface area contributed by atoms with Crippen LogP contribution in [-0.2, 0) is 10.3 Å². The molecule has 122 valence electrons. The van der Waals surface area contributed by atoms with E-state index in [9.17, 15) is 9.90 Å². The molecule has 2 bridgehead atoms. The van der Waals surface area contributed by atoms with Gasteiger partial charge >= 0.3 is 6.09 Å². The maximum absolute atomic E-state index is 12.5. The Balaban J connectivity index is 1.81. The van der Waals surface area contributed by atoms with Crippen LogP contribution in [0.5, 0.6) is 0 Å². The fourth-order valence-electron chi connectivity index (χ4n) is 3.81. The zero-order valence-corrected chi connectivity index (χ0v) is 13.5. The molecule has 0 aliphatic carbocycles. The van der Waals surface area contributed by atoms with Gasteiger partial charge in [-0.05, 0) is 46.1 Å². The number of nitrogens with zero attached hydrogens (tertiary/aromatic N) is 1. The fraction of sp³-hybridized carbons (Fsp3) is 0.706. The van der Waals surface area contributed by atoms with E-state index >= 15 is 0 Å². The second-order valence-corrected chi connectivity index (χ2v) is 7.58. The Morgan fingerprint density at radius 3 is 2.50 bits per heavy atom. The van der Waals surface area contributed by atoms with E-state index in [4.69, 9.17) is 9.15 Å². The van der Waals surface area contributed by atoms with Gasteiger partial charge in [0.1, 0.15) is 5.60 Å². The highest BCUT2D eigenvalue weighted by molar-refractivity contribution is 5.69. The Kier molecular flexibility index (Phi) is 3.71. The number of amides is 1. The molecule has 3 heterocycles. The molecule has 0 saturated carbocycles. The van der Waals surface area contributed by atoms with Crippen LogP contribution in [0.4, 0.5) is 4.79 Å². The summed E-state index contributed by atoms with van der Waals surface area (Å²) < 4.78 is 10.7. The van der Waals surface area contributed by atoms with E-state index in [1.54, 1.807) is 12.5 Å². The molecular weight excluding hydrogens is 282 g/mol. The van der Waals surface area contributed by atoms with Crippen molar-refractivity contribution in [3.05, 3.63) is 24.2 Å². The van der Waals surface area contributed by atoms with Gasteiger partial charge in [-0.3, -0.25) is 0 Å². The molecule has 2 aliphatic heterocycles. The van der Waals surface area contributed by atoms with Gasteiger partial charge in [-0.1, -0.05) is 0 Å². The highest BCUT2D eigenvalue weighted by Crippen LogP contribution is 2.44. The summed E-state index contributed by atoms with van der Waals surface area (Å²) in [5.41, 5.74) is -0.585. The van der Waals surface area contributed by atoms with Crippen molar-refractivity contribution < 1.29 is 19.1 Å². The smallest absolute Gasteiger partial charge is 0.410 e. The Morgan fingerprint density at radius 2 is 2.00 bits per heavy atom. The third-order valence-electron chi connectivity index (χ3n) is 4.67. The van der Waals surface area contributed by atoms with Crippen molar-refractivity contribution in [3.8, 4) is 0 Å². The first-order chi connectivity index (χ1) is 10.3. The van der Waals surface area contributed by atoms with Crippen LogP contribution in [-0.4, -0.2) is 33.8 Å². The molecule has 2 unspecified atom stereocenters. The highest BCUT2D eigenvalue weighted by Gasteiger charge is 2.49. The number of furan rings is 1. The van der Waals surface area contributed by atoms with Gasteiger partial charge in [-0.2, -0.15) is 0 Å². The third kappa shape index (κ3) is 2.86. The van der Waals surface area contributed by atoms with Crippen LogP contribution in [0.2, 0.25) is 0 Å². The minimum Gasteiger partial charge on any atom is -0.472 e. The fourth-order valence-corrected chi connectivity index (χ4v) is 3.81. The number of hydrogen-bond donors (Lipinski definition) is 1. The average molecular weight is 307 g/mol. The lowest BCUT2D eigenvalue weighted by Gasteiger charge is -2.51. The van der Waals surface area contributed by atoms with E-state index in [-0.39, 0.29) is 18.2 Å². The van der Waals surface area contributed by atoms with E-state index < -0.39 is 11.2 Å². The van der Waals surface area contributed by atoms with E-state index in [0.29, 0.717) is 12.8 Å². The third-order valence-corrected chi connectivity index (χ3v) is 4.67. The predicted octanol–water partition coefficient (Wildman–Crippen LogP) is 3.42. The normalized spacial score (nSPS) is 31.9. The number of hydrogen-bond acceptors (Lipinski definition) is 4. The first-order valence-corrected chi connectivity index (χ1v) is 8.05. The van der Waals surface area contributed by atoms with Gasteiger partial charge in [0.25, 0.3) is 0 Å². The largest absolute Gasteiger partial charge is 0.472 e. The van der Waals surface area contributed by atoms with E-state index in [0.717, 1.165) is 24.8 Å². The number of ether oxygens (including phenoxy) is 1. The molecule has 2 atom stereocenters. The van der Waals surface area contributed by atoms with Crippen molar-refractivity contribution in [3.63, 3.8) is 0 Å². The van der Waals surface area contributed by atoms with Crippen LogP contribution >= 0.6 is 0 Å². The van der Waals surface area contributed by atoms with Gasteiger partial charge in [-0.25, -0.2) is 4.79 Å². The molecule has 1 N–H and O–H groups in total. The number of carbonyl (C=O) groups excluding carboxylic acids is 1. The Labute approximate surface area is 131 Å². The molecule has 0 radical (unpaired) electrons. The monoisotopic (exact) mass is 307 g/mol.